The van der Waals surface area contributed by atoms with Gasteiger partial charge in [-0.05, 0) is 85.1 Å². The van der Waals surface area contributed by atoms with Crippen LogP contribution in [0.3, 0.4) is 0 Å². The Bertz CT molecular complexity index is 1190. The number of hydrogen-bond acceptors (Lipinski definition) is 4. The van der Waals surface area contributed by atoms with Gasteiger partial charge in [-0.1, -0.05) is 48.7 Å². The first-order valence-corrected chi connectivity index (χ1v) is 14.1. The fraction of sp³-hybridized carbons (Fsp3) is 0.538. The lowest BCUT2D eigenvalue weighted by Gasteiger charge is -2.60. The zero-order valence-electron chi connectivity index (χ0n) is 19.3. The van der Waals surface area contributed by atoms with Gasteiger partial charge in [0.15, 0.2) is 0 Å². The Hall–Kier alpha value is -1.27. The van der Waals surface area contributed by atoms with Crippen LogP contribution in [-0.4, -0.2) is 18.2 Å². The average molecular weight is 537 g/mol. The number of carbonyl (C=O) groups is 1. The minimum Gasteiger partial charge on any atom is -0.351 e. The number of thiophene rings is 1. The summed E-state index contributed by atoms with van der Waals surface area (Å²) in [5, 5.41) is 11.2. The molecule has 5 unspecified atom stereocenters. The fourth-order valence-electron chi connectivity index (χ4n) is 6.96. The van der Waals surface area contributed by atoms with E-state index in [-0.39, 0.29) is 17.9 Å². The van der Waals surface area contributed by atoms with Crippen LogP contribution in [0.25, 0.3) is 0 Å². The number of fused-ring (bicyclic) bond motifs is 5. The fourth-order valence-corrected chi connectivity index (χ4v) is 8.79. The molecule has 0 spiro atoms. The summed E-state index contributed by atoms with van der Waals surface area (Å²) in [4.78, 5) is 14.8. The summed E-state index contributed by atoms with van der Waals surface area (Å²) in [7, 11) is 0. The minimum absolute atomic E-state index is 0.000733. The summed E-state index contributed by atoms with van der Waals surface area (Å²) in [6.45, 7) is 5.52. The van der Waals surface area contributed by atoms with Crippen LogP contribution >= 0.6 is 46.1 Å². The van der Waals surface area contributed by atoms with Gasteiger partial charge in [0, 0.05) is 22.4 Å². The van der Waals surface area contributed by atoms with Crippen LogP contribution < -0.4 is 10.3 Å². The Morgan fingerprint density at radius 1 is 1.21 bits per heavy atom. The number of nitrogens with one attached hydrogen (secondary N) is 1. The SMILES string of the molecule is CC1(C)C2CCC(CNC(=O)C3=NN(c4ccc(Cl)cc4Cl)C4c5cc(Cl)sc5CCC34)C1C2. The van der Waals surface area contributed by atoms with E-state index in [0.29, 0.717) is 33.0 Å². The molecular formula is C26H28Cl3N3OS. The second-order valence-electron chi connectivity index (χ2n) is 10.9. The third kappa shape index (κ3) is 3.61. The van der Waals surface area contributed by atoms with Crippen molar-refractivity contribution in [3.05, 3.63) is 49.1 Å². The molecule has 4 nitrogen and oxygen atoms in total. The molecule has 34 heavy (non-hydrogen) atoms. The minimum atomic E-state index is -0.0899. The normalized spacial score (nSPS) is 30.8. The lowest BCUT2D eigenvalue weighted by Crippen LogP contribution is -2.55. The van der Waals surface area contributed by atoms with Crippen LogP contribution in [0.15, 0.2) is 29.4 Å². The zero-order valence-corrected chi connectivity index (χ0v) is 22.4. The van der Waals surface area contributed by atoms with Gasteiger partial charge in [0.1, 0.15) is 5.71 Å². The third-order valence-corrected chi connectivity index (χ3v) is 10.8. The van der Waals surface area contributed by atoms with Crippen molar-refractivity contribution in [3.8, 4) is 0 Å². The van der Waals surface area contributed by atoms with Gasteiger partial charge in [0.25, 0.3) is 5.91 Å². The lowest BCUT2D eigenvalue weighted by molar-refractivity contribution is -0.119. The summed E-state index contributed by atoms with van der Waals surface area (Å²) < 4.78 is 0.768. The maximum atomic E-state index is 13.5. The number of carbonyl (C=O) groups excluding carboxylic acids is 1. The molecule has 3 fully saturated rings. The molecule has 2 bridgehead atoms. The van der Waals surface area contributed by atoms with E-state index in [0.717, 1.165) is 40.9 Å². The topological polar surface area (TPSA) is 44.7 Å². The van der Waals surface area contributed by atoms with E-state index >= 15 is 0 Å². The third-order valence-electron chi connectivity index (χ3n) is 8.94. The number of aryl methyl sites for hydroxylation is 1. The molecule has 8 heteroatoms. The van der Waals surface area contributed by atoms with Crippen LogP contribution in [0.5, 0.6) is 0 Å². The van der Waals surface area contributed by atoms with Crippen molar-refractivity contribution in [2.45, 2.75) is 52.0 Å². The first-order chi connectivity index (χ1) is 16.2. The first kappa shape index (κ1) is 23.1. The van der Waals surface area contributed by atoms with E-state index < -0.39 is 0 Å². The number of hydrogen-bond donors (Lipinski definition) is 1. The van der Waals surface area contributed by atoms with Gasteiger partial charge in [-0.15, -0.1) is 11.3 Å². The molecule has 1 amide bonds. The van der Waals surface area contributed by atoms with Crippen molar-refractivity contribution in [1.82, 2.24) is 5.32 Å². The van der Waals surface area contributed by atoms with Gasteiger partial charge in [0.05, 0.1) is 21.1 Å². The highest BCUT2D eigenvalue weighted by Gasteiger charge is 2.54. The number of rotatable bonds is 4. The molecule has 3 saturated carbocycles. The van der Waals surface area contributed by atoms with Gasteiger partial charge < -0.3 is 5.32 Å². The molecule has 2 aromatic rings. The molecule has 1 aromatic carbocycles. The van der Waals surface area contributed by atoms with E-state index in [1.54, 1.807) is 17.4 Å². The number of halogens is 3. The second kappa shape index (κ2) is 8.40. The Kier molecular flexibility index (Phi) is 5.72. The van der Waals surface area contributed by atoms with E-state index in [1.165, 1.54) is 24.1 Å². The molecule has 1 N–H and O–H groups in total. The van der Waals surface area contributed by atoms with Crippen molar-refractivity contribution in [3.63, 3.8) is 0 Å². The number of hydrazone groups is 1. The Labute approximate surface area is 219 Å². The van der Waals surface area contributed by atoms with Crippen LogP contribution in [0.1, 0.15) is 56.0 Å². The Balaban J connectivity index is 1.28. The number of anilines is 1. The molecule has 0 saturated heterocycles. The molecule has 5 aliphatic rings. The molecule has 2 heterocycles. The van der Waals surface area contributed by atoms with Crippen molar-refractivity contribution in [2.75, 3.05) is 11.6 Å². The first-order valence-electron chi connectivity index (χ1n) is 12.1. The molecule has 7 rings (SSSR count). The quantitative estimate of drug-likeness (QED) is 0.443. The summed E-state index contributed by atoms with van der Waals surface area (Å²) in [6, 6.07) is 7.36. The highest BCUT2D eigenvalue weighted by molar-refractivity contribution is 7.16. The predicted octanol–water partition coefficient (Wildman–Crippen LogP) is 7.38. The number of benzene rings is 1. The summed E-state index contributed by atoms with van der Waals surface area (Å²) in [6.07, 6.45) is 5.57. The van der Waals surface area contributed by atoms with Crippen molar-refractivity contribution < 1.29 is 4.79 Å². The molecule has 5 atom stereocenters. The highest BCUT2D eigenvalue weighted by Crippen LogP contribution is 2.61. The molecular weight excluding hydrogens is 509 g/mol. The van der Waals surface area contributed by atoms with E-state index in [1.807, 2.05) is 23.2 Å². The van der Waals surface area contributed by atoms with Crippen molar-refractivity contribution in [2.24, 2.45) is 34.2 Å². The van der Waals surface area contributed by atoms with Crippen LogP contribution in [0, 0.1) is 29.1 Å². The smallest absolute Gasteiger partial charge is 0.267 e. The zero-order chi connectivity index (χ0) is 23.8. The van der Waals surface area contributed by atoms with Crippen molar-refractivity contribution >= 4 is 63.4 Å². The van der Waals surface area contributed by atoms with Gasteiger partial charge in [-0.2, -0.15) is 5.10 Å². The Morgan fingerprint density at radius 3 is 2.76 bits per heavy atom. The van der Waals surface area contributed by atoms with Gasteiger partial charge in [-0.3, -0.25) is 9.80 Å². The molecule has 1 aliphatic heterocycles. The summed E-state index contributed by atoms with van der Waals surface area (Å²) >= 11 is 20.8. The van der Waals surface area contributed by atoms with E-state index in [9.17, 15) is 4.79 Å². The second-order valence-corrected chi connectivity index (χ2v) is 13.5. The van der Waals surface area contributed by atoms with E-state index in [4.69, 9.17) is 39.9 Å². The summed E-state index contributed by atoms with van der Waals surface area (Å²) in [5.74, 6) is 2.07. The van der Waals surface area contributed by atoms with E-state index in [2.05, 4.69) is 19.2 Å². The Morgan fingerprint density at radius 2 is 2.03 bits per heavy atom. The number of nitrogens with zero attached hydrogens (tertiary/aromatic N) is 2. The van der Waals surface area contributed by atoms with Gasteiger partial charge >= 0.3 is 0 Å². The maximum Gasteiger partial charge on any atom is 0.267 e. The predicted molar refractivity (Wildman–Crippen MR) is 141 cm³/mol. The van der Waals surface area contributed by atoms with Crippen LogP contribution in [-0.2, 0) is 11.2 Å². The summed E-state index contributed by atoms with van der Waals surface area (Å²) in [5.41, 5.74) is 2.92. The van der Waals surface area contributed by atoms with Crippen LogP contribution in [0.2, 0.25) is 14.4 Å². The molecule has 180 valence electrons. The largest absolute Gasteiger partial charge is 0.351 e. The highest BCUT2D eigenvalue weighted by atomic mass is 35.5. The molecule has 1 aromatic heterocycles. The van der Waals surface area contributed by atoms with Crippen LogP contribution in [0.4, 0.5) is 5.69 Å². The van der Waals surface area contributed by atoms with Gasteiger partial charge in [-0.25, -0.2) is 0 Å². The average Bonchev–Trinajstić information content (AvgIpc) is 3.37. The van der Waals surface area contributed by atoms with Crippen molar-refractivity contribution in [1.29, 1.82) is 0 Å². The van der Waals surface area contributed by atoms with Gasteiger partial charge in [0.2, 0.25) is 0 Å². The standard InChI is InChI=1S/C26H28Cl3N3OS/c1-26(2)14-4-3-13(18(26)9-14)12-30-25(33)23-16-6-8-21-17(11-22(29)34-21)24(16)32(31-23)20-7-5-15(27)10-19(20)28/h5,7,10-11,13-14,16,18,24H,3-4,6,8-9,12H2,1-2H3,(H,30,33). The monoisotopic (exact) mass is 535 g/mol. The molecule has 0 radical (unpaired) electrons. The molecule has 4 aliphatic carbocycles. The maximum absolute atomic E-state index is 13.5. The lowest BCUT2D eigenvalue weighted by atomic mass is 9.45. The number of amides is 1.